The summed E-state index contributed by atoms with van der Waals surface area (Å²) >= 11 is 4.82. The van der Waals surface area contributed by atoms with Gasteiger partial charge in [0.2, 0.25) is 0 Å². The summed E-state index contributed by atoms with van der Waals surface area (Å²) in [6.45, 7) is 4.16. The largest absolute Gasteiger partial charge is 0.465 e. The summed E-state index contributed by atoms with van der Waals surface area (Å²) in [5.74, 6) is -0.238. The molecule has 0 N–H and O–H groups in total. The monoisotopic (exact) mass is 365 g/mol. The molecule has 2 rings (SSSR count). The van der Waals surface area contributed by atoms with Crippen LogP contribution in [0.2, 0.25) is 0 Å². The molecule has 0 amide bonds. The van der Waals surface area contributed by atoms with Crippen LogP contribution < -0.4 is 0 Å². The number of rotatable bonds is 5. The summed E-state index contributed by atoms with van der Waals surface area (Å²) in [6.07, 6.45) is 1.74. The maximum Gasteiger partial charge on any atom is 0.324 e. The molecule has 1 unspecified atom stereocenters. The molecule has 1 heterocycles. The van der Waals surface area contributed by atoms with Gasteiger partial charge >= 0.3 is 5.97 Å². The molecule has 0 aliphatic carbocycles. The number of pyridine rings is 1. The van der Waals surface area contributed by atoms with Crippen LogP contribution in [0.1, 0.15) is 23.3 Å². The molecule has 0 aliphatic heterocycles. The Morgan fingerprint density at radius 3 is 2.71 bits per heavy atom. The van der Waals surface area contributed by atoms with Crippen molar-refractivity contribution < 1.29 is 9.53 Å². The molecule has 1 aromatic carbocycles. The summed E-state index contributed by atoms with van der Waals surface area (Å²) in [7, 11) is 0. The molecule has 0 fully saturated rings. The average Bonchev–Trinajstić information content (AvgIpc) is 2.47. The summed E-state index contributed by atoms with van der Waals surface area (Å²) in [5.41, 5.74) is 1.95. The van der Waals surface area contributed by atoms with Gasteiger partial charge in [-0.2, -0.15) is 0 Å². The van der Waals surface area contributed by atoms with Gasteiger partial charge in [-0.25, -0.2) is 4.98 Å². The fraction of sp³-hybridized carbons (Fsp3) is 0.250. The van der Waals surface area contributed by atoms with E-state index in [0.717, 1.165) is 20.6 Å². The predicted octanol–water partition coefficient (Wildman–Crippen LogP) is 4.55. The maximum atomic E-state index is 12.2. The highest BCUT2D eigenvalue weighted by Gasteiger charge is 2.24. The number of aryl methyl sites for hydroxylation is 1. The number of carbonyl (C=O) groups excluding carboxylic acids is 1. The minimum absolute atomic E-state index is 0.238. The zero-order chi connectivity index (χ0) is 15.2. The van der Waals surface area contributed by atoms with Crippen molar-refractivity contribution in [2.75, 3.05) is 6.61 Å². The molecule has 1 atom stereocenters. The molecule has 0 bridgehead atoms. The Morgan fingerprint density at radius 2 is 2.10 bits per heavy atom. The molecule has 21 heavy (non-hydrogen) atoms. The molecule has 0 aliphatic rings. The molecule has 5 heteroatoms. The number of benzene rings is 1. The second-order valence-electron chi connectivity index (χ2n) is 4.44. The lowest BCUT2D eigenvalue weighted by Gasteiger charge is -2.16. The van der Waals surface area contributed by atoms with E-state index in [4.69, 9.17) is 4.74 Å². The van der Waals surface area contributed by atoms with Crippen LogP contribution in [0.4, 0.5) is 0 Å². The van der Waals surface area contributed by atoms with Gasteiger partial charge in [0.25, 0.3) is 0 Å². The van der Waals surface area contributed by atoms with E-state index in [2.05, 4.69) is 20.9 Å². The molecular weight excluding hydrogens is 350 g/mol. The zero-order valence-electron chi connectivity index (χ0n) is 11.9. The molecule has 0 radical (unpaired) electrons. The lowest BCUT2D eigenvalue weighted by Crippen LogP contribution is -2.13. The Balaban J connectivity index is 2.30. The number of nitrogens with zero attached hydrogens (tertiary/aromatic N) is 1. The number of carbonyl (C=O) groups is 1. The first-order valence-electron chi connectivity index (χ1n) is 6.62. The fourth-order valence-corrected chi connectivity index (χ4v) is 3.35. The van der Waals surface area contributed by atoms with Crippen molar-refractivity contribution in [3.05, 3.63) is 58.2 Å². The Bertz CT molecular complexity index is 619. The number of hydrogen-bond donors (Lipinski definition) is 0. The van der Waals surface area contributed by atoms with E-state index >= 15 is 0 Å². The van der Waals surface area contributed by atoms with Gasteiger partial charge in [-0.3, -0.25) is 4.79 Å². The van der Waals surface area contributed by atoms with Crippen LogP contribution in [0, 0.1) is 6.92 Å². The minimum Gasteiger partial charge on any atom is -0.465 e. The van der Waals surface area contributed by atoms with Crippen molar-refractivity contribution in [1.82, 2.24) is 4.98 Å². The zero-order valence-corrected chi connectivity index (χ0v) is 14.3. The van der Waals surface area contributed by atoms with Crippen molar-refractivity contribution in [3.63, 3.8) is 0 Å². The number of ether oxygens (including phenoxy) is 1. The highest BCUT2D eigenvalue weighted by Crippen LogP contribution is 2.37. The van der Waals surface area contributed by atoms with Gasteiger partial charge in [-0.1, -0.05) is 42.1 Å². The third-order valence-electron chi connectivity index (χ3n) is 2.83. The summed E-state index contributed by atoms with van der Waals surface area (Å²) in [6, 6.07) is 11.6. The number of halogens is 1. The van der Waals surface area contributed by atoms with E-state index in [0.29, 0.717) is 6.61 Å². The molecule has 1 aromatic heterocycles. The van der Waals surface area contributed by atoms with Gasteiger partial charge in [0.1, 0.15) is 10.3 Å². The number of esters is 1. The lowest BCUT2D eigenvalue weighted by atomic mass is 10.1. The van der Waals surface area contributed by atoms with E-state index in [9.17, 15) is 4.79 Å². The maximum absolute atomic E-state index is 12.2. The first-order chi connectivity index (χ1) is 10.1. The molecule has 0 spiro atoms. The highest BCUT2D eigenvalue weighted by atomic mass is 79.9. The third-order valence-corrected chi connectivity index (χ3v) is 4.61. The standard InChI is InChI=1S/C16H16BrNO2S/c1-3-20-16(19)14(12-7-5-4-6-8-12)21-15-11(2)9-13(17)10-18-15/h4-10,14H,3H2,1-2H3. The highest BCUT2D eigenvalue weighted by molar-refractivity contribution is 9.10. The summed E-state index contributed by atoms with van der Waals surface area (Å²) in [4.78, 5) is 16.6. The van der Waals surface area contributed by atoms with Crippen LogP contribution in [-0.4, -0.2) is 17.6 Å². The quantitative estimate of drug-likeness (QED) is 0.575. The summed E-state index contributed by atoms with van der Waals surface area (Å²) in [5, 5.41) is 0.429. The van der Waals surface area contributed by atoms with Crippen molar-refractivity contribution >= 4 is 33.7 Å². The van der Waals surface area contributed by atoms with Crippen LogP contribution in [0.25, 0.3) is 0 Å². The van der Waals surface area contributed by atoms with E-state index in [-0.39, 0.29) is 5.97 Å². The smallest absolute Gasteiger partial charge is 0.324 e. The Morgan fingerprint density at radius 1 is 1.38 bits per heavy atom. The number of hydrogen-bond acceptors (Lipinski definition) is 4. The van der Waals surface area contributed by atoms with Crippen LogP contribution >= 0.6 is 27.7 Å². The average molecular weight is 366 g/mol. The third kappa shape index (κ3) is 4.32. The predicted molar refractivity (Wildman–Crippen MR) is 88.3 cm³/mol. The van der Waals surface area contributed by atoms with Crippen molar-refractivity contribution in [2.45, 2.75) is 24.1 Å². The second-order valence-corrected chi connectivity index (χ2v) is 6.45. The van der Waals surface area contributed by atoms with E-state index in [1.807, 2.05) is 50.2 Å². The van der Waals surface area contributed by atoms with Gasteiger partial charge in [0.15, 0.2) is 0 Å². The SMILES string of the molecule is CCOC(=O)C(Sc1ncc(Br)cc1C)c1ccccc1. The molecule has 0 saturated heterocycles. The Labute approximate surface area is 137 Å². The van der Waals surface area contributed by atoms with E-state index in [1.54, 1.807) is 6.20 Å². The van der Waals surface area contributed by atoms with Crippen LogP contribution in [0.3, 0.4) is 0 Å². The van der Waals surface area contributed by atoms with Crippen LogP contribution in [0.15, 0.2) is 52.1 Å². The minimum atomic E-state index is -0.404. The van der Waals surface area contributed by atoms with E-state index in [1.165, 1.54) is 11.8 Å². The van der Waals surface area contributed by atoms with Gasteiger partial charge < -0.3 is 4.74 Å². The van der Waals surface area contributed by atoms with Crippen molar-refractivity contribution in [1.29, 1.82) is 0 Å². The van der Waals surface area contributed by atoms with Crippen LogP contribution in [-0.2, 0) is 9.53 Å². The van der Waals surface area contributed by atoms with Gasteiger partial charge in [0, 0.05) is 10.7 Å². The molecule has 3 nitrogen and oxygen atoms in total. The lowest BCUT2D eigenvalue weighted by molar-refractivity contribution is -0.142. The van der Waals surface area contributed by atoms with Crippen molar-refractivity contribution in [2.24, 2.45) is 0 Å². The second kappa shape index (κ2) is 7.61. The van der Waals surface area contributed by atoms with E-state index < -0.39 is 5.25 Å². The Hall–Kier alpha value is -1.33. The first-order valence-corrected chi connectivity index (χ1v) is 8.29. The normalized spacial score (nSPS) is 12.0. The van der Waals surface area contributed by atoms with Gasteiger partial charge in [-0.05, 0) is 47.0 Å². The van der Waals surface area contributed by atoms with Crippen LogP contribution in [0.5, 0.6) is 0 Å². The molecule has 2 aromatic rings. The molecule has 0 saturated carbocycles. The van der Waals surface area contributed by atoms with Gasteiger partial charge in [-0.15, -0.1) is 0 Å². The Kier molecular flexibility index (Phi) is 5.82. The first kappa shape index (κ1) is 16.0. The van der Waals surface area contributed by atoms with Crippen molar-refractivity contribution in [3.8, 4) is 0 Å². The van der Waals surface area contributed by atoms with Gasteiger partial charge in [0.05, 0.1) is 6.61 Å². The fourth-order valence-electron chi connectivity index (χ4n) is 1.86. The molecular formula is C16H16BrNO2S. The number of thioether (sulfide) groups is 1. The molecule has 110 valence electrons. The topological polar surface area (TPSA) is 39.2 Å². The summed E-state index contributed by atoms with van der Waals surface area (Å²) < 4.78 is 6.12. The number of aromatic nitrogens is 1.